The summed E-state index contributed by atoms with van der Waals surface area (Å²) in [6, 6.07) is 3.21. The topological polar surface area (TPSA) is 149 Å². The molecule has 1 aromatic rings. The molecule has 2 heterocycles. The van der Waals surface area contributed by atoms with E-state index in [-0.39, 0.29) is 67.5 Å². The lowest BCUT2D eigenvalue weighted by molar-refractivity contribution is -0.152. The number of fused-ring (bicyclic) bond motifs is 2. The van der Waals surface area contributed by atoms with Gasteiger partial charge in [0.25, 0.3) is 0 Å². The number of amides is 2. The highest BCUT2D eigenvalue weighted by Crippen LogP contribution is 2.37. The fourth-order valence-corrected chi connectivity index (χ4v) is 6.92. The molecule has 1 fully saturated rings. The molecule has 2 amide bonds. The van der Waals surface area contributed by atoms with E-state index < -0.39 is 61.8 Å². The molecule has 3 rings (SSSR count). The Balaban J connectivity index is 2.18. The van der Waals surface area contributed by atoms with Gasteiger partial charge in [-0.15, -0.1) is 0 Å². The molecule has 0 N–H and O–H groups in total. The van der Waals surface area contributed by atoms with Crippen LogP contribution in [0.4, 0.5) is 15.3 Å². The third-order valence-corrected chi connectivity index (χ3v) is 14.7. The molecule has 0 spiro atoms. The molecule has 0 bridgehead atoms. The molecule has 1 aromatic carbocycles. The van der Waals surface area contributed by atoms with E-state index in [0.29, 0.717) is 11.3 Å². The standard InChI is InChI=1S/C44H70N2O12Si/c1-29-20-21-33(47)37-34(55-44(12,13)56-37)19-17-18-31-26-32(27-35(52-28-51-14)36(31)38(48)54-30(29)2)46(40(50)58-42(6,7)8)23-22-45(39(49)57-41(3,4)5)24-25-53-59(15,16)43(9,10)11/h17-18,20-21,26-27,29-30,34,37H,19,22-25,28H2,1-16H3/t29-,30+,34+,37-/m1/s1. The first-order valence-electron chi connectivity index (χ1n) is 20.4. The van der Waals surface area contributed by atoms with Gasteiger partial charge >= 0.3 is 18.2 Å². The van der Waals surface area contributed by atoms with Crippen molar-refractivity contribution < 1.29 is 56.8 Å². The molecule has 332 valence electrons. The van der Waals surface area contributed by atoms with Gasteiger partial charge in [-0.05, 0) is 105 Å². The summed E-state index contributed by atoms with van der Waals surface area (Å²) < 4.78 is 47.6. The number of nitrogens with zero attached hydrogens (tertiary/aromatic N) is 2. The van der Waals surface area contributed by atoms with Crippen molar-refractivity contribution in [1.29, 1.82) is 0 Å². The van der Waals surface area contributed by atoms with E-state index >= 15 is 0 Å². The monoisotopic (exact) mass is 846 g/mol. The minimum absolute atomic E-state index is 0.0298. The van der Waals surface area contributed by atoms with Crippen molar-refractivity contribution >= 4 is 44.0 Å². The third kappa shape index (κ3) is 14.7. The van der Waals surface area contributed by atoms with Crippen LogP contribution < -0.4 is 9.64 Å². The zero-order valence-corrected chi connectivity index (χ0v) is 39.3. The van der Waals surface area contributed by atoms with E-state index in [2.05, 4.69) is 33.9 Å². The Kier molecular flexibility index (Phi) is 16.6. The summed E-state index contributed by atoms with van der Waals surface area (Å²) >= 11 is 0. The zero-order valence-electron chi connectivity index (χ0n) is 38.3. The average Bonchev–Trinajstić information content (AvgIpc) is 3.39. The molecule has 2 aliphatic rings. The van der Waals surface area contributed by atoms with Crippen molar-refractivity contribution in [3.8, 4) is 5.75 Å². The molecule has 0 aromatic heterocycles. The second-order valence-electron chi connectivity index (χ2n) is 19.1. The third-order valence-electron chi connectivity index (χ3n) is 10.2. The molecule has 4 atom stereocenters. The number of benzene rings is 1. The fraction of sp³-hybridized carbons (Fsp3) is 0.682. The number of ether oxygens (including phenoxy) is 7. The van der Waals surface area contributed by atoms with E-state index in [1.807, 2.05) is 6.92 Å². The Morgan fingerprint density at radius 1 is 0.881 bits per heavy atom. The van der Waals surface area contributed by atoms with Gasteiger partial charge in [0.15, 0.2) is 26.7 Å². The summed E-state index contributed by atoms with van der Waals surface area (Å²) in [6.07, 6.45) is 3.51. The SMILES string of the molecule is COCOc1cc(N(CCN(CCO[Si](C)(C)C(C)(C)C)C(=O)OC(C)(C)C)C(=O)OC(C)(C)C)cc2c1C(=O)O[C@@H](C)[C@H](C)C=CC(=O)[C@H]1OC(C)(C)O[C@H]1CC=C2. The first-order chi connectivity index (χ1) is 27.0. The molecule has 0 radical (unpaired) electrons. The van der Waals surface area contributed by atoms with Gasteiger partial charge in [-0.1, -0.05) is 45.9 Å². The maximum Gasteiger partial charge on any atom is 0.414 e. The van der Waals surface area contributed by atoms with Crippen LogP contribution in [0.1, 0.15) is 112 Å². The highest BCUT2D eigenvalue weighted by atomic mass is 28.4. The zero-order chi connectivity index (χ0) is 44.7. The molecule has 0 saturated carbocycles. The van der Waals surface area contributed by atoms with E-state index in [1.165, 1.54) is 23.0 Å². The first-order valence-corrected chi connectivity index (χ1v) is 23.3. The highest BCUT2D eigenvalue weighted by Gasteiger charge is 2.44. The minimum atomic E-state index is -2.15. The number of carbonyl (C=O) groups is 4. The van der Waals surface area contributed by atoms with E-state index in [4.69, 9.17) is 37.6 Å². The fourth-order valence-electron chi connectivity index (χ4n) is 5.89. The van der Waals surface area contributed by atoms with Crippen LogP contribution in [0.25, 0.3) is 6.08 Å². The molecule has 0 aliphatic carbocycles. The Hall–Kier alpha value is -3.76. The molecular formula is C44H70N2O12Si. The summed E-state index contributed by atoms with van der Waals surface area (Å²) in [5, 5.41) is -0.0406. The van der Waals surface area contributed by atoms with Crippen molar-refractivity contribution in [2.75, 3.05) is 45.0 Å². The van der Waals surface area contributed by atoms with Crippen LogP contribution >= 0.6 is 0 Å². The second kappa shape index (κ2) is 19.7. The second-order valence-corrected chi connectivity index (χ2v) is 23.9. The molecule has 59 heavy (non-hydrogen) atoms. The number of esters is 1. The predicted molar refractivity (Wildman–Crippen MR) is 229 cm³/mol. The summed E-state index contributed by atoms with van der Waals surface area (Å²) in [4.78, 5) is 58.2. The van der Waals surface area contributed by atoms with Gasteiger partial charge in [0.2, 0.25) is 0 Å². The Labute approximate surface area is 352 Å². The number of anilines is 1. The van der Waals surface area contributed by atoms with Crippen molar-refractivity contribution in [3.05, 3.63) is 41.5 Å². The maximum atomic E-state index is 14.2. The normalized spacial score (nSPS) is 21.5. The lowest BCUT2D eigenvalue weighted by atomic mass is 9.99. The summed E-state index contributed by atoms with van der Waals surface area (Å²) in [5.74, 6) is -2.19. The van der Waals surface area contributed by atoms with Crippen molar-refractivity contribution in [1.82, 2.24) is 4.90 Å². The quantitative estimate of drug-likeness (QED) is 0.0906. The average molecular weight is 847 g/mol. The van der Waals surface area contributed by atoms with Gasteiger partial charge in [-0.2, -0.15) is 0 Å². The molecule has 15 heteroatoms. The lowest BCUT2D eigenvalue weighted by Gasteiger charge is -2.37. The molecule has 0 unspecified atom stereocenters. The van der Waals surface area contributed by atoms with Gasteiger partial charge in [-0.25, -0.2) is 14.4 Å². The van der Waals surface area contributed by atoms with Crippen LogP contribution in [0, 0.1) is 5.92 Å². The molecular weight excluding hydrogens is 777 g/mol. The van der Waals surface area contributed by atoms with E-state index in [1.54, 1.807) is 92.7 Å². The number of rotatable bonds is 11. The number of hydrogen-bond acceptors (Lipinski definition) is 12. The van der Waals surface area contributed by atoms with Gasteiger partial charge in [0.1, 0.15) is 34.7 Å². The minimum Gasteiger partial charge on any atom is -0.467 e. The van der Waals surface area contributed by atoms with E-state index in [9.17, 15) is 19.2 Å². The Morgan fingerprint density at radius 3 is 2.10 bits per heavy atom. The summed E-state index contributed by atoms with van der Waals surface area (Å²) in [6.45, 7) is 28.7. The molecule has 1 saturated heterocycles. The van der Waals surface area contributed by atoms with Crippen molar-refractivity contribution in [3.63, 3.8) is 0 Å². The summed E-state index contributed by atoms with van der Waals surface area (Å²) in [7, 11) is -0.699. The Bertz CT molecular complexity index is 1700. The predicted octanol–water partition coefficient (Wildman–Crippen LogP) is 8.91. The number of hydrogen-bond donors (Lipinski definition) is 0. The molecule has 2 aliphatic heterocycles. The van der Waals surface area contributed by atoms with Crippen molar-refractivity contribution in [2.24, 2.45) is 5.92 Å². The highest BCUT2D eigenvalue weighted by molar-refractivity contribution is 6.74. The largest absolute Gasteiger partial charge is 0.467 e. The maximum absolute atomic E-state index is 14.2. The van der Waals surface area contributed by atoms with Gasteiger partial charge in [0, 0.05) is 38.7 Å². The number of ketones is 1. The van der Waals surface area contributed by atoms with Gasteiger partial charge in [0.05, 0.1) is 18.4 Å². The van der Waals surface area contributed by atoms with Crippen LogP contribution in [-0.2, 0) is 37.6 Å². The van der Waals surface area contributed by atoms with Gasteiger partial charge in [-0.3, -0.25) is 9.69 Å². The van der Waals surface area contributed by atoms with Gasteiger partial charge < -0.3 is 42.5 Å². The van der Waals surface area contributed by atoms with Crippen LogP contribution in [0.3, 0.4) is 0 Å². The van der Waals surface area contributed by atoms with Crippen LogP contribution in [0.15, 0.2) is 30.4 Å². The molecule has 14 nitrogen and oxygen atoms in total. The van der Waals surface area contributed by atoms with Crippen LogP contribution in [-0.4, -0.2) is 113 Å². The number of methoxy groups -OCH3 is 1. The summed E-state index contributed by atoms with van der Waals surface area (Å²) in [5.41, 5.74) is -0.893. The number of cyclic esters (lactones) is 1. The van der Waals surface area contributed by atoms with Crippen molar-refractivity contribution in [2.45, 2.75) is 150 Å². The smallest absolute Gasteiger partial charge is 0.414 e. The van der Waals surface area contributed by atoms with Crippen LogP contribution in [0.2, 0.25) is 18.1 Å². The first kappa shape index (κ1) is 49.6. The lowest BCUT2D eigenvalue weighted by Crippen LogP contribution is -2.47. The van der Waals surface area contributed by atoms with E-state index in [0.717, 1.165) is 0 Å². The Morgan fingerprint density at radius 2 is 1.51 bits per heavy atom. The van der Waals surface area contributed by atoms with Crippen LogP contribution in [0.5, 0.6) is 5.75 Å². The number of carbonyl (C=O) groups excluding carboxylic acids is 4.